The maximum absolute atomic E-state index is 4.49. The van der Waals surface area contributed by atoms with Crippen molar-refractivity contribution in [2.45, 2.75) is 0 Å². The Morgan fingerprint density at radius 3 is 3.06 bits per heavy atom. The summed E-state index contributed by atoms with van der Waals surface area (Å²) in [5.41, 5.74) is 4.62. The molecule has 3 nitrogen and oxygen atoms in total. The molecular formula is C14H9N3Sn. The molecule has 2 aromatic heterocycles. The van der Waals surface area contributed by atoms with Gasteiger partial charge >= 0.3 is 114 Å². The molecule has 0 unspecified atom stereocenters. The molecule has 18 heavy (non-hydrogen) atoms. The van der Waals surface area contributed by atoms with Gasteiger partial charge in [-0.15, -0.1) is 0 Å². The first kappa shape index (κ1) is 10.3. The fraction of sp³-hybridized carbons (Fsp3) is 0. The van der Waals surface area contributed by atoms with E-state index in [9.17, 15) is 0 Å². The van der Waals surface area contributed by atoms with Gasteiger partial charge in [0.1, 0.15) is 0 Å². The number of nitrogens with one attached hydrogen (secondary N) is 1. The van der Waals surface area contributed by atoms with Crippen LogP contribution < -0.4 is 3.71 Å². The van der Waals surface area contributed by atoms with Crippen molar-refractivity contribution in [3.63, 3.8) is 0 Å². The van der Waals surface area contributed by atoms with E-state index < -0.39 is 21.1 Å². The van der Waals surface area contributed by atoms with Gasteiger partial charge in [-0.25, -0.2) is 0 Å². The standard InChI is InChI=1S/C14H9N3.Sn/c1-2-10-7-15-9-17-14(10)12-8-16-13-6-4-3-5-11(12)13;/h1-6,8-9,16H;. The predicted molar refractivity (Wildman–Crippen MR) is 73.7 cm³/mol. The molecule has 4 rings (SSSR count). The van der Waals surface area contributed by atoms with Gasteiger partial charge < -0.3 is 0 Å². The second-order valence-electron chi connectivity index (χ2n) is 4.21. The van der Waals surface area contributed by atoms with Crippen molar-refractivity contribution in [3.05, 3.63) is 46.4 Å². The molecule has 0 spiro atoms. The number of aromatic nitrogens is 3. The monoisotopic (exact) mass is 339 g/mol. The first-order valence-electron chi connectivity index (χ1n) is 5.78. The number of fused-ring (bicyclic) bond motifs is 2. The van der Waals surface area contributed by atoms with Gasteiger partial charge in [-0.05, 0) is 0 Å². The second-order valence-corrected chi connectivity index (χ2v) is 7.34. The summed E-state index contributed by atoms with van der Waals surface area (Å²) in [6.07, 6.45) is 5.94. The summed E-state index contributed by atoms with van der Waals surface area (Å²) in [5.74, 6) is 0. The molecule has 0 saturated carbocycles. The molecule has 1 aliphatic heterocycles. The first-order valence-corrected chi connectivity index (χ1v) is 8.85. The van der Waals surface area contributed by atoms with E-state index in [4.69, 9.17) is 0 Å². The van der Waals surface area contributed by atoms with Crippen LogP contribution in [0.3, 0.4) is 0 Å². The minimum atomic E-state index is -0.585. The van der Waals surface area contributed by atoms with E-state index in [2.05, 4.69) is 43.3 Å². The zero-order valence-electron chi connectivity index (χ0n) is 9.51. The molecule has 0 saturated heterocycles. The Balaban J connectivity index is 2.04. The summed E-state index contributed by atoms with van der Waals surface area (Å²) in [6, 6.07) is 8.33. The van der Waals surface area contributed by atoms with Crippen LogP contribution in [-0.2, 0) is 0 Å². The van der Waals surface area contributed by atoms with Gasteiger partial charge in [0.05, 0.1) is 0 Å². The number of rotatable bonds is 1. The Morgan fingerprint density at radius 1 is 1.11 bits per heavy atom. The average molecular weight is 338 g/mol. The van der Waals surface area contributed by atoms with E-state index >= 15 is 0 Å². The van der Waals surface area contributed by atoms with Crippen LogP contribution in [0.4, 0.5) is 0 Å². The fourth-order valence-electron chi connectivity index (χ4n) is 2.35. The molecule has 3 aromatic rings. The molecule has 1 aliphatic rings. The number of aromatic amines is 1. The number of para-hydroxylation sites is 1. The number of hydrogen-bond acceptors (Lipinski definition) is 2. The third-order valence-corrected chi connectivity index (χ3v) is 6.07. The molecule has 0 bridgehead atoms. The maximum atomic E-state index is 4.49. The summed E-state index contributed by atoms with van der Waals surface area (Å²) >= 11 is -0.585. The third kappa shape index (κ3) is 1.43. The van der Waals surface area contributed by atoms with Crippen LogP contribution in [0.15, 0.2) is 40.9 Å². The Kier molecular flexibility index (Phi) is 2.26. The van der Waals surface area contributed by atoms with Crippen LogP contribution in [0.25, 0.3) is 28.2 Å². The van der Waals surface area contributed by atoms with Crippen molar-refractivity contribution in [2.24, 2.45) is 0 Å². The van der Waals surface area contributed by atoms with Gasteiger partial charge in [0.15, 0.2) is 0 Å². The van der Waals surface area contributed by atoms with Crippen molar-refractivity contribution in [3.8, 4) is 11.3 Å². The van der Waals surface area contributed by atoms with E-state index in [-0.39, 0.29) is 0 Å². The topological polar surface area (TPSA) is 41.6 Å². The van der Waals surface area contributed by atoms with E-state index in [1.165, 1.54) is 20.2 Å². The summed E-state index contributed by atoms with van der Waals surface area (Å²) < 4.78 is 3.59. The normalized spacial score (nSPS) is 13.1. The van der Waals surface area contributed by atoms with Gasteiger partial charge in [-0.1, -0.05) is 0 Å². The minimum absolute atomic E-state index is 0.585. The third-order valence-electron chi connectivity index (χ3n) is 3.20. The average Bonchev–Trinajstić information content (AvgIpc) is 3.05. The molecule has 0 amide bonds. The van der Waals surface area contributed by atoms with Crippen LogP contribution in [-0.4, -0.2) is 36.1 Å². The quantitative estimate of drug-likeness (QED) is 0.689. The van der Waals surface area contributed by atoms with Gasteiger partial charge in [0.2, 0.25) is 0 Å². The van der Waals surface area contributed by atoms with E-state index in [1.807, 2.05) is 12.3 Å². The summed E-state index contributed by atoms with van der Waals surface area (Å²) in [5, 5.41) is 1.23. The summed E-state index contributed by atoms with van der Waals surface area (Å²) in [7, 11) is 0. The van der Waals surface area contributed by atoms with E-state index in [0.717, 1.165) is 11.2 Å². The van der Waals surface area contributed by atoms with Crippen molar-refractivity contribution in [1.82, 2.24) is 15.0 Å². The molecule has 0 aliphatic carbocycles. The van der Waals surface area contributed by atoms with Crippen molar-refractivity contribution in [1.29, 1.82) is 0 Å². The number of benzene rings is 1. The predicted octanol–water partition coefficient (Wildman–Crippen LogP) is 1.94. The zero-order chi connectivity index (χ0) is 11.9. The molecular weight excluding hydrogens is 329 g/mol. The van der Waals surface area contributed by atoms with Gasteiger partial charge in [-0.3, -0.25) is 0 Å². The molecule has 0 atom stereocenters. The first-order chi connectivity index (χ1) is 8.93. The van der Waals surface area contributed by atoms with Crippen molar-refractivity contribution < 1.29 is 0 Å². The molecule has 1 N–H and O–H groups in total. The van der Waals surface area contributed by atoms with Crippen LogP contribution in [0.1, 0.15) is 5.56 Å². The Labute approximate surface area is 114 Å². The zero-order valence-corrected chi connectivity index (χ0v) is 12.4. The number of hydrogen-bond donors (Lipinski definition) is 1. The van der Waals surface area contributed by atoms with Gasteiger partial charge in [0.25, 0.3) is 0 Å². The summed E-state index contributed by atoms with van der Waals surface area (Å²) in [6.45, 7) is 0. The van der Waals surface area contributed by atoms with Crippen LogP contribution in [0.5, 0.6) is 0 Å². The molecule has 1 aromatic carbocycles. The number of H-pyrrole nitrogens is 1. The molecule has 0 fully saturated rings. The Bertz CT molecular complexity index is 774. The Hall–Kier alpha value is -1.62. The molecule has 4 heteroatoms. The van der Waals surface area contributed by atoms with Crippen molar-refractivity contribution in [2.75, 3.05) is 0 Å². The Morgan fingerprint density at radius 2 is 2.06 bits per heavy atom. The molecule has 84 valence electrons. The van der Waals surface area contributed by atoms with Gasteiger partial charge in [-0.2, -0.15) is 0 Å². The van der Waals surface area contributed by atoms with Crippen LogP contribution in [0.2, 0.25) is 0 Å². The van der Waals surface area contributed by atoms with E-state index in [0.29, 0.717) is 0 Å². The summed E-state index contributed by atoms with van der Waals surface area (Å²) in [4.78, 5) is 12.2. The van der Waals surface area contributed by atoms with Gasteiger partial charge in [0, 0.05) is 0 Å². The van der Waals surface area contributed by atoms with E-state index in [1.54, 1.807) is 6.33 Å². The van der Waals surface area contributed by atoms with Crippen LogP contribution >= 0.6 is 0 Å². The fourth-order valence-corrected chi connectivity index (χ4v) is 4.92. The molecule has 3 heterocycles. The second kappa shape index (κ2) is 3.95. The molecule has 2 radical (unpaired) electrons. The van der Waals surface area contributed by atoms with Crippen molar-refractivity contribution >= 4 is 41.8 Å². The SMILES string of the molecule is [CH]1=Cc2[c](ncnc2-c2c[nH]c3ccccc23)[Sn]1. The van der Waals surface area contributed by atoms with Crippen LogP contribution in [0, 0.1) is 0 Å². The number of nitrogens with zero attached hydrogens (tertiary/aromatic N) is 2.